The van der Waals surface area contributed by atoms with E-state index in [2.05, 4.69) is 32.7 Å². The molecule has 6 rings (SSSR count). The summed E-state index contributed by atoms with van der Waals surface area (Å²) < 4.78 is 3.00. The van der Waals surface area contributed by atoms with Gasteiger partial charge >= 0.3 is 0 Å². The van der Waals surface area contributed by atoms with Crippen LogP contribution in [0.2, 0.25) is 0 Å². The van der Waals surface area contributed by atoms with Crippen molar-refractivity contribution in [2.75, 3.05) is 5.32 Å². The second kappa shape index (κ2) is 7.75. The van der Waals surface area contributed by atoms with Crippen molar-refractivity contribution in [1.29, 1.82) is 5.26 Å². The van der Waals surface area contributed by atoms with Crippen molar-refractivity contribution in [1.82, 2.24) is 24.7 Å². The van der Waals surface area contributed by atoms with Gasteiger partial charge in [0.25, 0.3) is 0 Å². The van der Waals surface area contributed by atoms with Gasteiger partial charge in [0.15, 0.2) is 10.8 Å². The zero-order valence-corrected chi connectivity index (χ0v) is 18.6. The standard InChI is InChI=1S/C22H21N7S.ClH/c1-12-10-29-11-14(4-13(8-23)21(29)25-12)18-7-20-19(9-24-18)28-22(30-20)27-17-5-15-2-3-16(6-17)26-15;/h4,7,9-11,15-17,26H,2-3,5-6H2,1H3,(H,27,28);1H. The molecule has 2 unspecified atom stereocenters. The highest BCUT2D eigenvalue weighted by atomic mass is 35.5. The predicted molar refractivity (Wildman–Crippen MR) is 125 cm³/mol. The van der Waals surface area contributed by atoms with Crippen LogP contribution in [0.4, 0.5) is 5.13 Å². The topological polar surface area (TPSA) is 90.9 Å². The molecule has 31 heavy (non-hydrogen) atoms. The normalized spacial score (nSPS) is 22.4. The molecule has 6 heterocycles. The molecule has 0 saturated carbocycles. The average Bonchev–Trinajstić information content (AvgIpc) is 3.41. The van der Waals surface area contributed by atoms with Crippen LogP contribution in [0, 0.1) is 18.3 Å². The summed E-state index contributed by atoms with van der Waals surface area (Å²) in [5, 5.41) is 17.9. The number of hydrogen-bond acceptors (Lipinski definition) is 7. The lowest BCUT2D eigenvalue weighted by Crippen LogP contribution is -2.43. The van der Waals surface area contributed by atoms with Crippen molar-refractivity contribution in [2.45, 2.75) is 50.7 Å². The number of aryl methyl sites for hydroxylation is 1. The first-order valence-electron chi connectivity index (χ1n) is 10.3. The lowest BCUT2D eigenvalue weighted by atomic mass is 10.0. The minimum Gasteiger partial charge on any atom is -0.359 e. The summed E-state index contributed by atoms with van der Waals surface area (Å²) in [5.74, 6) is 0. The number of thiazole rings is 1. The van der Waals surface area contributed by atoms with Gasteiger partial charge in [0.1, 0.15) is 11.6 Å². The predicted octanol–water partition coefficient (Wildman–Crippen LogP) is 4.30. The van der Waals surface area contributed by atoms with Crippen molar-refractivity contribution < 1.29 is 0 Å². The van der Waals surface area contributed by atoms with E-state index in [9.17, 15) is 5.26 Å². The number of pyridine rings is 2. The van der Waals surface area contributed by atoms with Crippen LogP contribution in [0.15, 0.2) is 30.7 Å². The highest BCUT2D eigenvalue weighted by molar-refractivity contribution is 7.22. The maximum absolute atomic E-state index is 9.54. The van der Waals surface area contributed by atoms with E-state index in [-0.39, 0.29) is 12.4 Å². The average molecular weight is 452 g/mol. The fourth-order valence-electron chi connectivity index (χ4n) is 4.84. The van der Waals surface area contributed by atoms with Crippen LogP contribution >= 0.6 is 23.7 Å². The van der Waals surface area contributed by atoms with Gasteiger partial charge in [-0.1, -0.05) is 11.3 Å². The third kappa shape index (κ3) is 3.63. The molecule has 158 valence electrons. The number of aromatic nitrogens is 4. The maximum Gasteiger partial charge on any atom is 0.184 e. The Bertz CT molecular complexity index is 1310. The van der Waals surface area contributed by atoms with E-state index in [4.69, 9.17) is 4.98 Å². The van der Waals surface area contributed by atoms with Crippen LogP contribution in [0.1, 0.15) is 36.9 Å². The lowest BCUT2D eigenvalue weighted by Gasteiger charge is -2.29. The van der Waals surface area contributed by atoms with Gasteiger partial charge in [-0.25, -0.2) is 9.97 Å². The fourth-order valence-corrected chi connectivity index (χ4v) is 5.80. The van der Waals surface area contributed by atoms with E-state index >= 15 is 0 Å². The number of hydrogen-bond donors (Lipinski definition) is 2. The van der Waals surface area contributed by atoms with E-state index in [1.165, 1.54) is 12.8 Å². The fraction of sp³-hybridized carbons (Fsp3) is 0.364. The molecule has 9 heteroatoms. The number of piperidine rings is 1. The Morgan fingerprint density at radius 2 is 2.00 bits per heavy atom. The Labute approximate surface area is 190 Å². The first kappa shape index (κ1) is 20.2. The third-order valence-electron chi connectivity index (χ3n) is 6.16. The summed E-state index contributed by atoms with van der Waals surface area (Å²) in [6.45, 7) is 1.93. The molecule has 0 amide bonds. The van der Waals surface area contributed by atoms with Crippen molar-refractivity contribution in [3.8, 4) is 17.3 Å². The van der Waals surface area contributed by atoms with E-state index in [0.717, 1.165) is 45.1 Å². The van der Waals surface area contributed by atoms with E-state index in [1.54, 1.807) is 11.3 Å². The molecule has 4 aromatic heterocycles. The second-order valence-electron chi connectivity index (χ2n) is 8.37. The van der Waals surface area contributed by atoms with Crippen molar-refractivity contribution in [2.24, 2.45) is 0 Å². The lowest BCUT2D eigenvalue weighted by molar-refractivity contribution is 0.378. The maximum atomic E-state index is 9.54. The van der Waals surface area contributed by atoms with Crippen LogP contribution in [0.25, 0.3) is 27.1 Å². The molecule has 2 atom stereocenters. The third-order valence-corrected chi connectivity index (χ3v) is 7.11. The second-order valence-corrected chi connectivity index (χ2v) is 9.40. The Morgan fingerprint density at radius 1 is 1.19 bits per heavy atom. The van der Waals surface area contributed by atoms with Crippen LogP contribution in [0.5, 0.6) is 0 Å². The summed E-state index contributed by atoms with van der Waals surface area (Å²) in [5.41, 5.74) is 4.76. The Morgan fingerprint density at radius 3 is 2.77 bits per heavy atom. The summed E-state index contributed by atoms with van der Waals surface area (Å²) >= 11 is 1.67. The van der Waals surface area contributed by atoms with Crippen LogP contribution in [-0.4, -0.2) is 37.5 Å². The van der Waals surface area contributed by atoms with Gasteiger partial charge in [-0.2, -0.15) is 5.26 Å². The van der Waals surface area contributed by atoms with Crippen LogP contribution in [-0.2, 0) is 0 Å². The van der Waals surface area contributed by atoms with Gasteiger partial charge in [0.05, 0.1) is 27.8 Å². The van der Waals surface area contributed by atoms with E-state index in [0.29, 0.717) is 29.3 Å². The molecule has 2 aliphatic heterocycles. The number of nitrogens with zero attached hydrogens (tertiary/aromatic N) is 5. The van der Waals surface area contributed by atoms with Gasteiger partial charge in [-0.3, -0.25) is 4.98 Å². The van der Waals surface area contributed by atoms with Gasteiger partial charge in [0, 0.05) is 36.1 Å². The first-order valence-corrected chi connectivity index (χ1v) is 11.2. The number of nitriles is 1. The number of imidazole rings is 1. The van der Waals surface area contributed by atoms with Gasteiger partial charge < -0.3 is 15.0 Å². The zero-order valence-electron chi connectivity index (χ0n) is 17.0. The molecule has 2 N–H and O–H groups in total. The molecule has 0 aromatic carbocycles. The Balaban J connectivity index is 0.00000204. The highest BCUT2D eigenvalue weighted by Crippen LogP contribution is 2.33. The van der Waals surface area contributed by atoms with Crippen molar-refractivity contribution in [3.63, 3.8) is 0 Å². The van der Waals surface area contributed by atoms with E-state index < -0.39 is 0 Å². The molecule has 0 radical (unpaired) electrons. The van der Waals surface area contributed by atoms with Crippen molar-refractivity contribution >= 4 is 44.7 Å². The minimum absolute atomic E-state index is 0. The Kier molecular flexibility index (Phi) is 5.05. The molecular formula is C22H22ClN7S. The molecule has 2 bridgehead atoms. The summed E-state index contributed by atoms with van der Waals surface area (Å²) in [4.78, 5) is 13.8. The number of anilines is 1. The van der Waals surface area contributed by atoms with Crippen molar-refractivity contribution in [3.05, 3.63) is 42.0 Å². The highest BCUT2D eigenvalue weighted by Gasteiger charge is 2.33. The van der Waals surface area contributed by atoms with Gasteiger partial charge in [-0.05, 0) is 44.7 Å². The quantitative estimate of drug-likeness (QED) is 0.482. The summed E-state index contributed by atoms with van der Waals surface area (Å²) in [7, 11) is 0. The molecule has 2 aliphatic rings. The molecule has 0 spiro atoms. The molecule has 2 saturated heterocycles. The Hall–Kier alpha value is -2.73. The number of rotatable bonds is 3. The largest absolute Gasteiger partial charge is 0.359 e. The first-order chi connectivity index (χ1) is 14.6. The number of halogens is 1. The minimum atomic E-state index is 0. The number of fused-ring (bicyclic) bond motifs is 4. The van der Waals surface area contributed by atoms with E-state index in [1.807, 2.05) is 36.0 Å². The molecular weight excluding hydrogens is 430 g/mol. The van der Waals surface area contributed by atoms with Gasteiger partial charge in [-0.15, -0.1) is 12.4 Å². The smallest absolute Gasteiger partial charge is 0.184 e. The monoisotopic (exact) mass is 451 g/mol. The zero-order chi connectivity index (χ0) is 20.2. The van der Waals surface area contributed by atoms with Gasteiger partial charge in [0.2, 0.25) is 0 Å². The molecule has 2 fully saturated rings. The SMILES string of the molecule is Cc1cn2cc(-c3cc4sc(NC5CC6CCC(C5)N6)nc4cn3)cc(C#N)c2n1.Cl. The molecule has 0 aliphatic carbocycles. The summed E-state index contributed by atoms with van der Waals surface area (Å²) in [6, 6.07) is 7.98. The summed E-state index contributed by atoms with van der Waals surface area (Å²) in [6.07, 6.45) is 10.7. The molecule has 7 nitrogen and oxygen atoms in total. The van der Waals surface area contributed by atoms with Crippen LogP contribution < -0.4 is 10.6 Å². The number of nitrogens with one attached hydrogen (secondary N) is 2. The van der Waals surface area contributed by atoms with Crippen LogP contribution in [0.3, 0.4) is 0 Å². The molecule has 4 aromatic rings.